The number of anilines is 1. The van der Waals surface area contributed by atoms with Crippen molar-refractivity contribution in [3.8, 4) is 0 Å². The van der Waals surface area contributed by atoms with E-state index in [9.17, 15) is 4.79 Å². The summed E-state index contributed by atoms with van der Waals surface area (Å²) in [6.07, 6.45) is 1.75. The maximum absolute atomic E-state index is 11.5. The number of aromatic nitrogens is 1. The Morgan fingerprint density at radius 3 is 2.71 bits per heavy atom. The molecule has 0 amide bonds. The average molecular weight is 348 g/mol. The van der Waals surface area contributed by atoms with E-state index in [2.05, 4.69) is 32.9 Å². The maximum atomic E-state index is 11.5. The van der Waals surface area contributed by atoms with Gasteiger partial charge in [0.1, 0.15) is 18.0 Å². The Bertz CT molecular complexity index is 413. The topological polar surface area (TPSA) is 51.2 Å². The first-order valence-electron chi connectivity index (χ1n) is 5.36. The van der Waals surface area contributed by atoms with Gasteiger partial charge in [-0.3, -0.25) is 4.79 Å². The molecule has 1 aromatic heterocycles. The largest absolute Gasteiger partial charge is 0.459 e. The van der Waals surface area contributed by atoms with Crippen molar-refractivity contribution in [3.05, 3.63) is 21.4 Å². The van der Waals surface area contributed by atoms with Crippen LogP contribution in [-0.2, 0) is 9.53 Å². The number of esters is 1. The summed E-state index contributed by atoms with van der Waals surface area (Å²) >= 11 is 2.20. The van der Waals surface area contributed by atoms with Crippen molar-refractivity contribution in [1.29, 1.82) is 0 Å². The molecule has 0 unspecified atom stereocenters. The van der Waals surface area contributed by atoms with Gasteiger partial charge in [0, 0.05) is 9.77 Å². The quantitative estimate of drug-likeness (QED) is 0.674. The molecule has 0 atom stereocenters. The molecule has 0 aliphatic carbocycles. The highest BCUT2D eigenvalue weighted by molar-refractivity contribution is 14.1. The van der Waals surface area contributed by atoms with E-state index in [1.807, 2.05) is 33.8 Å². The van der Waals surface area contributed by atoms with Gasteiger partial charge in [-0.05, 0) is 61.9 Å². The smallest absolute Gasteiger partial charge is 0.325 e. The molecule has 0 aromatic carbocycles. The van der Waals surface area contributed by atoms with Gasteiger partial charge >= 0.3 is 5.97 Å². The minimum absolute atomic E-state index is 0.131. The molecular formula is C12H17IN2O2. The van der Waals surface area contributed by atoms with Crippen LogP contribution in [0.25, 0.3) is 0 Å². The third-order valence-electron chi connectivity index (χ3n) is 1.87. The predicted molar refractivity (Wildman–Crippen MR) is 76.0 cm³/mol. The highest BCUT2D eigenvalue weighted by Crippen LogP contribution is 2.14. The van der Waals surface area contributed by atoms with Crippen LogP contribution in [0.2, 0.25) is 0 Å². The van der Waals surface area contributed by atoms with E-state index in [1.165, 1.54) is 0 Å². The standard InChI is InChI=1S/C12H17IN2O2/c1-8-5-9(13)6-14-11(8)15-7-10(16)17-12(2,3)4/h5-6H,7H2,1-4H3,(H,14,15). The highest BCUT2D eigenvalue weighted by atomic mass is 127. The molecule has 1 rings (SSSR count). The van der Waals surface area contributed by atoms with Crippen LogP contribution in [0.3, 0.4) is 0 Å². The number of nitrogens with one attached hydrogen (secondary N) is 1. The van der Waals surface area contributed by atoms with Crippen LogP contribution in [0.1, 0.15) is 26.3 Å². The minimum atomic E-state index is -0.451. The van der Waals surface area contributed by atoms with Crippen LogP contribution in [0.4, 0.5) is 5.82 Å². The summed E-state index contributed by atoms with van der Waals surface area (Å²) in [6, 6.07) is 2.00. The highest BCUT2D eigenvalue weighted by Gasteiger charge is 2.16. The third-order valence-corrected chi connectivity index (χ3v) is 2.46. The summed E-state index contributed by atoms with van der Waals surface area (Å²) in [5.74, 6) is 0.438. The summed E-state index contributed by atoms with van der Waals surface area (Å²) < 4.78 is 6.26. The molecule has 1 N–H and O–H groups in total. The zero-order chi connectivity index (χ0) is 13.1. The van der Waals surface area contributed by atoms with Gasteiger partial charge in [0.25, 0.3) is 0 Å². The van der Waals surface area contributed by atoms with Crippen LogP contribution >= 0.6 is 22.6 Å². The maximum Gasteiger partial charge on any atom is 0.325 e. The first-order valence-corrected chi connectivity index (χ1v) is 6.44. The molecule has 0 bridgehead atoms. The predicted octanol–water partition coefficient (Wildman–Crippen LogP) is 2.75. The molecule has 0 aliphatic heterocycles. The van der Waals surface area contributed by atoms with Crippen molar-refractivity contribution >= 4 is 34.4 Å². The Kier molecular flexibility index (Phi) is 4.73. The summed E-state index contributed by atoms with van der Waals surface area (Å²) in [4.78, 5) is 15.7. The Balaban J connectivity index is 2.53. The number of hydrogen-bond donors (Lipinski definition) is 1. The molecule has 17 heavy (non-hydrogen) atoms. The van der Waals surface area contributed by atoms with Gasteiger partial charge in [-0.1, -0.05) is 0 Å². The molecule has 0 fully saturated rings. The van der Waals surface area contributed by atoms with Crippen LogP contribution in [-0.4, -0.2) is 23.1 Å². The van der Waals surface area contributed by atoms with Gasteiger partial charge in [-0.2, -0.15) is 0 Å². The summed E-state index contributed by atoms with van der Waals surface area (Å²) in [7, 11) is 0. The number of pyridine rings is 1. The van der Waals surface area contributed by atoms with Crippen molar-refractivity contribution < 1.29 is 9.53 Å². The number of carbonyl (C=O) groups is 1. The zero-order valence-corrected chi connectivity index (χ0v) is 12.7. The second kappa shape index (κ2) is 5.66. The van der Waals surface area contributed by atoms with Crippen LogP contribution in [0.5, 0.6) is 0 Å². The lowest BCUT2D eigenvalue weighted by atomic mass is 10.2. The molecule has 4 nitrogen and oxygen atoms in total. The number of hydrogen-bond acceptors (Lipinski definition) is 4. The number of ether oxygens (including phenoxy) is 1. The third kappa shape index (κ3) is 5.34. The summed E-state index contributed by atoms with van der Waals surface area (Å²) in [5, 5.41) is 2.97. The van der Waals surface area contributed by atoms with E-state index in [-0.39, 0.29) is 12.5 Å². The molecule has 94 valence electrons. The van der Waals surface area contributed by atoms with E-state index in [1.54, 1.807) is 6.20 Å². The molecule has 0 radical (unpaired) electrons. The molecule has 0 saturated heterocycles. The second-order valence-corrected chi connectivity index (χ2v) is 6.00. The van der Waals surface area contributed by atoms with Crippen LogP contribution in [0, 0.1) is 10.5 Å². The lowest BCUT2D eigenvalue weighted by Crippen LogP contribution is -2.28. The number of aryl methyl sites for hydroxylation is 1. The fraction of sp³-hybridized carbons (Fsp3) is 0.500. The van der Waals surface area contributed by atoms with Crippen molar-refractivity contribution in [2.24, 2.45) is 0 Å². The van der Waals surface area contributed by atoms with Crippen LogP contribution in [0.15, 0.2) is 12.3 Å². The van der Waals surface area contributed by atoms with Crippen molar-refractivity contribution in [1.82, 2.24) is 4.98 Å². The molecule has 1 heterocycles. The van der Waals surface area contributed by atoms with Gasteiger partial charge in [-0.25, -0.2) is 4.98 Å². The molecule has 1 aromatic rings. The van der Waals surface area contributed by atoms with E-state index < -0.39 is 5.60 Å². The second-order valence-electron chi connectivity index (χ2n) is 4.76. The molecule has 0 spiro atoms. The van der Waals surface area contributed by atoms with Crippen molar-refractivity contribution in [2.75, 3.05) is 11.9 Å². The Morgan fingerprint density at radius 2 is 2.18 bits per heavy atom. The Labute approximate surface area is 115 Å². The lowest BCUT2D eigenvalue weighted by molar-refractivity contribution is -0.152. The molecule has 0 saturated carbocycles. The summed E-state index contributed by atoms with van der Waals surface area (Å²) in [5.41, 5.74) is 0.563. The van der Waals surface area contributed by atoms with Gasteiger partial charge < -0.3 is 10.1 Å². The number of rotatable bonds is 3. The zero-order valence-electron chi connectivity index (χ0n) is 10.5. The number of carbonyl (C=O) groups excluding carboxylic acids is 1. The Morgan fingerprint density at radius 1 is 1.53 bits per heavy atom. The number of halogens is 1. The minimum Gasteiger partial charge on any atom is -0.459 e. The van der Waals surface area contributed by atoms with Gasteiger partial charge in [0.15, 0.2) is 0 Å². The monoisotopic (exact) mass is 348 g/mol. The van der Waals surface area contributed by atoms with Crippen LogP contribution < -0.4 is 5.32 Å². The summed E-state index contributed by atoms with van der Waals surface area (Å²) in [6.45, 7) is 7.62. The SMILES string of the molecule is Cc1cc(I)cnc1NCC(=O)OC(C)(C)C. The van der Waals surface area contributed by atoms with Gasteiger partial charge in [0.2, 0.25) is 0 Å². The Hall–Kier alpha value is -0.850. The number of nitrogens with zero attached hydrogens (tertiary/aromatic N) is 1. The molecular weight excluding hydrogens is 331 g/mol. The molecule has 5 heteroatoms. The van der Waals surface area contributed by atoms with E-state index in [0.29, 0.717) is 0 Å². The van der Waals surface area contributed by atoms with Crippen molar-refractivity contribution in [2.45, 2.75) is 33.3 Å². The normalized spacial score (nSPS) is 11.1. The van der Waals surface area contributed by atoms with E-state index >= 15 is 0 Å². The van der Waals surface area contributed by atoms with Crippen molar-refractivity contribution in [3.63, 3.8) is 0 Å². The average Bonchev–Trinajstić information content (AvgIpc) is 2.13. The fourth-order valence-electron chi connectivity index (χ4n) is 1.26. The first-order chi connectivity index (χ1) is 7.78. The van der Waals surface area contributed by atoms with E-state index in [0.717, 1.165) is 15.0 Å². The lowest BCUT2D eigenvalue weighted by Gasteiger charge is -2.19. The van der Waals surface area contributed by atoms with Gasteiger partial charge in [0.05, 0.1) is 0 Å². The molecule has 0 aliphatic rings. The van der Waals surface area contributed by atoms with Gasteiger partial charge in [-0.15, -0.1) is 0 Å². The fourth-order valence-corrected chi connectivity index (χ4v) is 1.87. The van der Waals surface area contributed by atoms with E-state index in [4.69, 9.17) is 4.74 Å². The first kappa shape index (κ1) is 14.2.